The number of carbonyl (C=O) groups excluding carboxylic acids is 1. The molecule has 0 spiro atoms. The third kappa shape index (κ3) is 4.26. The predicted octanol–water partition coefficient (Wildman–Crippen LogP) is 4.46. The van der Waals surface area contributed by atoms with Gasteiger partial charge in [0, 0.05) is 16.6 Å². The third-order valence-electron chi connectivity index (χ3n) is 3.70. The summed E-state index contributed by atoms with van der Waals surface area (Å²) in [5.41, 5.74) is 3.13. The minimum atomic E-state index is -0.147. The number of rotatable bonds is 5. The summed E-state index contributed by atoms with van der Waals surface area (Å²) < 4.78 is 1.06. The topological polar surface area (TPSA) is 20.3 Å². The Morgan fingerprint density at radius 1 is 1.19 bits per heavy atom. The van der Waals surface area contributed by atoms with Crippen LogP contribution < -0.4 is 0 Å². The molecule has 0 aliphatic carbocycles. The van der Waals surface area contributed by atoms with E-state index in [9.17, 15) is 4.79 Å². The standard InChI is InChI=1S/C18H20BrNO/c1-13-7-9-16(10-8-13)18(21)14(2)20(3)12-15-5-4-6-17(19)11-15/h4-11,14H,12H2,1-3H3. The highest BCUT2D eigenvalue weighted by Crippen LogP contribution is 2.15. The second-order valence-corrected chi connectivity index (χ2v) is 6.37. The average Bonchev–Trinajstić information content (AvgIpc) is 2.46. The van der Waals surface area contributed by atoms with E-state index in [4.69, 9.17) is 0 Å². The average molecular weight is 346 g/mol. The van der Waals surface area contributed by atoms with Gasteiger partial charge < -0.3 is 0 Å². The van der Waals surface area contributed by atoms with Gasteiger partial charge in [-0.2, -0.15) is 0 Å². The Morgan fingerprint density at radius 2 is 1.86 bits per heavy atom. The van der Waals surface area contributed by atoms with E-state index in [-0.39, 0.29) is 11.8 Å². The maximum Gasteiger partial charge on any atom is 0.179 e. The van der Waals surface area contributed by atoms with Crippen LogP contribution >= 0.6 is 15.9 Å². The zero-order chi connectivity index (χ0) is 15.4. The van der Waals surface area contributed by atoms with Crippen molar-refractivity contribution in [1.29, 1.82) is 0 Å². The van der Waals surface area contributed by atoms with Gasteiger partial charge >= 0.3 is 0 Å². The van der Waals surface area contributed by atoms with Crippen LogP contribution in [0.25, 0.3) is 0 Å². The number of benzene rings is 2. The van der Waals surface area contributed by atoms with Crippen molar-refractivity contribution in [3.8, 4) is 0 Å². The highest BCUT2D eigenvalue weighted by Gasteiger charge is 2.19. The Kier molecular flexibility index (Phi) is 5.32. The van der Waals surface area contributed by atoms with Crippen LogP contribution in [-0.4, -0.2) is 23.8 Å². The number of Topliss-reactive ketones (excluding diaryl/α,β-unsaturated/α-hetero) is 1. The fourth-order valence-corrected chi connectivity index (χ4v) is 2.67. The van der Waals surface area contributed by atoms with E-state index in [0.717, 1.165) is 16.6 Å². The molecule has 1 atom stereocenters. The predicted molar refractivity (Wildman–Crippen MR) is 90.6 cm³/mol. The first-order valence-corrected chi connectivity index (χ1v) is 7.82. The van der Waals surface area contributed by atoms with Crippen molar-refractivity contribution in [3.05, 3.63) is 69.7 Å². The van der Waals surface area contributed by atoms with E-state index < -0.39 is 0 Å². The molecule has 0 aliphatic rings. The lowest BCUT2D eigenvalue weighted by Gasteiger charge is -2.23. The molecule has 21 heavy (non-hydrogen) atoms. The fourth-order valence-electron chi connectivity index (χ4n) is 2.22. The van der Waals surface area contributed by atoms with Crippen molar-refractivity contribution in [2.75, 3.05) is 7.05 Å². The molecule has 0 N–H and O–H groups in total. The number of ketones is 1. The molecule has 0 fully saturated rings. The van der Waals surface area contributed by atoms with Gasteiger partial charge in [0.2, 0.25) is 0 Å². The van der Waals surface area contributed by atoms with Crippen molar-refractivity contribution in [1.82, 2.24) is 4.90 Å². The van der Waals surface area contributed by atoms with Crippen LogP contribution in [-0.2, 0) is 6.54 Å². The third-order valence-corrected chi connectivity index (χ3v) is 4.19. The molecule has 0 radical (unpaired) electrons. The molecular weight excluding hydrogens is 326 g/mol. The molecule has 3 heteroatoms. The van der Waals surface area contributed by atoms with Gasteiger partial charge in [0.1, 0.15) is 0 Å². The SMILES string of the molecule is Cc1ccc(C(=O)C(C)N(C)Cc2cccc(Br)c2)cc1. The van der Waals surface area contributed by atoms with Crippen LogP contribution in [0.3, 0.4) is 0 Å². The molecule has 2 aromatic rings. The Balaban J connectivity index is 2.06. The maximum absolute atomic E-state index is 12.5. The largest absolute Gasteiger partial charge is 0.292 e. The van der Waals surface area contributed by atoms with Crippen molar-refractivity contribution in [2.45, 2.75) is 26.4 Å². The van der Waals surface area contributed by atoms with E-state index in [2.05, 4.69) is 33.0 Å². The lowest BCUT2D eigenvalue weighted by molar-refractivity contribution is 0.0862. The quantitative estimate of drug-likeness (QED) is 0.745. The number of hydrogen-bond acceptors (Lipinski definition) is 2. The smallest absolute Gasteiger partial charge is 0.179 e. The van der Waals surface area contributed by atoms with Gasteiger partial charge in [-0.3, -0.25) is 9.69 Å². The van der Waals surface area contributed by atoms with Crippen LogP contribution in [0.1, 0.15) is 28.4 Å². The summed E-state index contributed by atoms with van der Waals surface area (Å²) in [7, 11) is 1.98. The lowest BCUT2D eigenvalue weighted by atomic mass is 10.0. The molecule has 2 nitrogen and oxygen atoms in total. The Labute approximate surface area is 134 Å². The second kappa shape index (κ2) is 7.01. The molecular formula is C18H20BrNO. The highest BCUT2D eigenvalue weighted by molar-refractivity contribution is 9.10. The van der Waals surface area contributed by atoms with E-state index in [0.29, 0.717) is 0 Å². The number of aryl methyl sites for hydroxylation is 1. The van der Waals surface area contributed by atoms with Crippen LogP contribution in [0, 0.1) is 6.92 Å². The number of likely N-dealkylation sites (N-methyl/N-ethyl adjacent to an activating group) is 1. The fraction of sp³-hybridized carbons (Fsp3) is 0.278. The molecule has 0 aliphatic heterocycles. The monoisotopic (exact) mass is 345 g/mol. The van der Waals surface area contributed by atoms with Gasteiger partial charge in [-0.05, 0) is 38.6 Å². The Morgan fingerprint density at radius 3 is 2.48 bits per heavy atom. The van der Waals surface area contributed by atoms with E-state index in [1.165, 1.54) is 11.1 Å². The summed E-state index contributed by atoms with van der Waals surface area (Å²) in [6, 6.07) is 15.8. The Hall–Kier alpha value is -1.45. The van der Waals surface area contributed by atoms with E-state index in [1.807, 2.05) is 57.3 Å². The van der Waals surface area contributed by atoms with Gasteiger partial charge in [0.15, 0.2) is 5.78 Å². The zero-order valence-electron chi connectivity index (χ0n) is 12.6. The minimum absolute atomic E-state index is 0.147. The van der Waals surface area contributed by atoms with Crippen LogP contribution in [0.2, 0.25) is 0 Å². The molecule has 0 saturated heterocycles. The molecule has 0 bridgehead atoms. The molecule has 110 valence electrons. The highest BCUT2D eigenvalue weighted by atomic mass is 79.9. The van der Waals surface area contributed by atoms with Gasteiger partial charge in [0.25, 0.3) is 0 Å². The van der Waals surface area contributed by atoms with Crippen molar-refractivity contribution >= 4 is 21.7 Å². The number of halogens is 1. The summed E-state index contributed by atoms with van der Waals surface area (Å²) in [6.07, 6.45) is 0. The molecule has 0 heterocycles. The zero-order valence-corrected chi connectivity index (χ0v) is 14.2. The minimum Gasteiger partial charge on any atom is -0.292 e. The first kappa shape index (κ1) is 15.9. The number of hydrogen-bond donors (Lipinski definition) is 0. The van der Waals surface area contributed by atoms with Gasteiger partial charge in [-0.25, -0.2) is 0 Å². The maximum atomic E-state index is 12.5. The van der Waals surface area contributed by atoms with Crippen LogP contribution in [0.5, 0.6) is 0 Å². The van der Waals surface area contributed by atoms with Crippen LogP contribution in [0.15, 0.2) is 53.0 Å². The molecule has 2 aromatic carbocycles. The normalized spacial score (nSPS) is 12.4. The van der Waals surface area contributed by atoms with Gasteiger partial charge in [-0.1, -0.05) is 57.9 Å². The van der Waals surface area contributed by atoms with Gasteiger partial charge in [0.05, 0.1) is 6.04 Å². The molecule has 0 amide bonds. The molecule has 2 rings (SSSR count). The number of carbonyl (C=O) groups is 1. The van der Waals surface area contributed by atoms with Crippen molar-refractivity contribution in [2.24, 2.45) is 0 Å². The molecule has 1 unspecified atom stereocenters. The summed E-state index contributed by atoms with van der Waals surface area (Å²) in [5, 5.41) is 0. The lowest BCUT2D eigenvalue weighted by Crippen LogP contribution is -2.35. The summed E-state index contributed by atoms with van der Waals surface area (Å²) in [5.74, 6) is 0.160. The Bertz CT molecular complexity index is 621. The van der Waals surface area contributed by atoms with Crippen molar-refractivity contribution in [3.63, 3.8) is 0 Å². The van der Waals surface area contributed by atoms with Gasteiger partial charge in [-0.15, -0.1) is 0 Å². The van der Waals surface area contributed by atoms with E-state index in [1.54, 1.807) is 0 Å². The van der Waals surface area contributed by atoms with E-state index >= 15 is 0 Å². The van der Waals surface area contributed by atoms with Crippen LogP contribution in [0.4, 0.5) is 0 Å². The van der Waals surface area contributed by atoms with Crippen molar-refractivity contribution < 1.29 is 4.79 Å². The number of nitrogens with zero attached hydrogens (tertiary/aromatic N) is 1. The molecule has 0 saturated carbocycles. The molecule has 0 aromatic heterocycles. The summed E-state index contributed by atoms with van der Waals surface area (Å²) >= 11 is 3.48. The first-order chi connectivity index (χ1) is 9.97. The summed E-state index contributed by atoms with van der Waals surface area (Å²) in [4.78, 5) is 14.6. The first-order valence-electron chi connectivity index (χ1n) is 7.03. The summed E-state index contributed by atoms with van der Waals surface area (Å²) in [6.45, 7) is 4.73. The second-order valence-electron chi connectivity index (χ2n) is 5.45.